The van der Waals surface area contributed by atoms with Gasteiger partial charge in [-0.1, -0.05) is 41.9 Å². The molecule has 0 aliphatic carbocycles. The number of nitrogens with zero attached hydrogens (tertiary/aromatic N) is 3. The van der Waals surface area contributed by atoms with Crippen LogP contribution in [0.25, 0.3) is 0 Å². The molecule has 2 aromatic rings. The molecule has 20 heavy (non-hydrogen) atoms. The van der Waals surface area contributed by atoms with Crippen LogP contribution in [0.15, 0.2) is 42.6 Å². The van der Waals surface area contributed by atoms with Crippen molar-refractivity contribution in [2.24, 2.45) is 5.92 Å². The van der Waals surface area contributed by atoms with E-state index in [9.17, 15) is 0 Å². The molecule has 1 saturated heterocycles. The average molecular weight is 288 g/mol. The molecule has 0 unspecified atom stereocenters. The van der Waals surface area contributed by atoms with Crippen LogP contribution in [0.5, 0.6) is 0 Å². The first-order chi connectivity index (χ1) is 9.81. The summed E-state index contributed by atoms with van der Waals surface area (Å²) >= 11 is 5.92. The minimum absolute atomic E-state index is 0.515. The third-order valence-corrected chi connectivity index (χ3v) is 4.08. The Bertz CT molecular complexity index is 551. The zero-order chi connectivity index (χ0) is 13.8. The molecule has 1 aliphatic rings. The summed E-state index contributed by atoms with van der Waals surface area (Å²) in [6.07, 6.45) is 5.27. The molecule has 1 aliphatic heterocycles. The number of piperidine rings is 1. The Morgan fingerprint density at radius 3 is 2.55 bits per heavy atom. The molecule has 1 fully saturated rings. The van der Waals surface area contributed by atoms with Crippen molar-refractivity contribution in [2.45, 2.75) is 19.3 Å². The van der Waals surface area contributed by atoms with E-state index in [-0.39, 0.29) is 0 Å². The predicted molar refractivity (Wildman–Crippen MR) is 82.1 cm³/mol. The van der Waals surface area contributed by atoms with Crippen LogP contribution in [0.4, 0.5) is 5.95 Å². The van der Waals surface area contributed by atoms with Gasteiger partial charge in [0.05, 0.1) is 0 Å². The molecule has 104 valence electrons. The molecule has 4 heteroatoms. The van der Waals surface area contributed by atoms with Gasteiger partial charge in [-0.05, 0) is 36.8 Å². The zero-order valence-electron chi connectivity index (χ0n) is 11.4. The zero-order valence-corrected chi connectivity index (χ0v) is 12.1. The maximum Gasteiger partial charge on any atom is 0.226 e. The highest BCUT2D eigenvalue weighted by molar-refractivity contribution is 6.29. The number of anilines is 1. The third kappa shape index (κ3) is 3.28. The molecule has 0 amide bonds. The van der Waals surface area contributed by atoms with Crippen LogP contribution in [0.3, 0.4) is 0 Å². The van der Waals surface area contributed by atoms with E-state index < -0.39 is 0 Å². The fourth-order valence-corrected chi connectivity index (χ4v) is 2.90. The highest BCUT2D eigenvalue weighted by atomic mass is 35.5. The lowest BCUT2D eigenvalue weighted by Crippen LogP contribution is -2.35. The molecule has 0 bridgehead atoms. The van der Waals surface area contributed by atoms with Gasteiger partial charge in [0.1, 0.15) is 5.15 Å². The quantitative estimate of drug-likeness (QED) is 0.808. The maximum absolute atomic E-state index is 5.92. The van der Waals surface area contributed by atoms with Crippen molar-refractivity contribution in [2.75, 3.05) is 18.0 Å². The van der Waals surface area contributed by atoms with Crippen LogP contribution in [0.2, 0.25) is 5.15 Å². The van der Waals surface area contributed by atoms with Gasteiger partial charge in [0.2, 0.25) is 5.95 Å². The number of aromatic nitrogens is 2. The molecule has 0 N–H and O–H groups in total. The largest absolute Gasteiger partial charge is 0.341 e. The minimum Gasteiger partial charge on any atom is -0.341 e. The third-order valence-electron chi connectivity index (χ3n) is 3.87. The van der Waals surface area contributed by atoms with Crippen molar-refractivity contribution in [3.8, 4) is 0 Å². The number of halogens is 1. The predicted octanol–water partition coefficient (Wildman–Crippen LogP) is 3.59. The van der Waals surface area contributed by atoms with Gasteiger partial charge in [0.15, 0.2) is 0 Å². The van der Waals surface area contributed by atoms with Crippen LogP contribution in [0, 0.1) is 5.92 Å². The highest BCUT2D eigenvalue weighted by Crippen LogP contribution is 2.24. The summed E-state index contributed by atoms with van der Waals surface area (Å²) in [6, 6.07) is 12.4. The van der Waals surface area contributed by atoms with Crippen molar-refractivity contribution in [1.29, 1.82) is 0 Å². The van der Waals surface area contributed by atoms with E-state index in [2.05, 4.69) is 45.2 Å². The van der Waals surface area contributed by atoms with Gasteiger partial charge in [0.25, 0.3) is 0 Å². The number of rotatable bonds is 3. The summed E-state index contributed by atoms with van der Waals surface area (Å²) < 4.78 is 0. The monoisotopic (exact) mass is 287 g/mol. The van der Waals surface area contributed by atoms with E-state index in [0.717, 1.165) is 25.0 Å². The molecule has 0 radical (unpaired) electrons. The molecule has 3 rings (SSSR count). The van der Waals surface area contributed by atoms with E-state index in [1.165, 1.54) is 24.8 Å². The fraction of sp³-hybridized carbons (Fsp3) is 0.375. The smallest absolute Gasteiger partial charge is 0.226 e. The molecule has 1 aromatic carbocycles. The van der Waals surface area contributed by atoms with E-state index in [4.69, 9.17) is 11.6 Å². The standard InChI is InChI=1S/C16H18ClN3/c17-15-6-9-18-16(19-15)20-10-7-14(8-11-20)12-13-4-2-1-3-5-13/h1-6,9,14H,7-8,10-12H2. The van der Waals surface area contributed by atoms with Crippen LogP contribution >= 0.6 is 11.6 Å². The summed E-state index contributed by atoms with van der Waals surface area (Å²) in [5, 5.41) is 0.515. The van der Waals surface area contributed by atoms with Gasteiger partial charge in [-0.25, -0.2) is 9.97 Å². The normalized spacial score (nSPS) is 16.4. The van der Waals surface area contributed by atoms with Gasteiger partial charge < -0.3 is 4.90 Å². The average Bonchev–Trinajstić information content (AvgIpc) is 2.49. The Morgan fingerprint density at radius 2 is 1.85 bits per heavy atom. The van der Waals surface area contributed by atoms with Crippen LogP contribution in [-0.4, -0.2) is 23.1 Å². The van der Waals surface area contributed by atoms with Gasteiger partial charge in [-0.2, -0.15) is 0 Å². The van der Waals surface area contributed by atoms with Crippen molar-refractivity contribution < 1.29 is 0 Å². The molecule has 2 heterocycles. The number of hydrogen-bond donors (Lipinski definition) is 0. The first kappa shape index (κ1) is 13.4. The van der Waals surface area contributed by atoms with Crippen LogP contribution < -0.4 is 4.90 Å². The Balaban J connectivity index is 1.57. The van der Waals surface area contributed by atoms with Crippen molar-refractivity contribution in [1.82, 2.24) is 9.97 Å². The second-order valence-corrected chi connectivity index (χ2v) is 5.69. The van der Waals surface area contributed by atoms with Gasteiger partial charge in [0, 0.05) is 19.3 Å². The first-order valence-electron chi connectivity index (χ1n) is 7.09. The van der Waals surface area contributed by atoms with Gasteiger partial charge >= 0.3 is 0 Å². The van der Waals surface area contributed by atoms with E-state index >= 15 is 0 Å². The number of benzene rings is 1. The van der Waals surface area contributed by atoms with Crippen LogP contribution in [0.1, 0.15) is 18.4 Å². The summed E-state index contributed by atoms with van der Waals surface area (Å²) in [7, 11) is 0. The van der Waals surface area contributed by atoms with E-state index in [1.807, 2.05) is 0 Å². The maximum atomic E-state index is 5.92. The van der Waals surface area contributed by atoms with E-state index in [0.29, 0.717) is 5.15 Å². The molecule has 1 aromatic heterocycles. The molecule has 0 atom stereocenters. The Morgan fingerprint density at radius 1 is 1.10 bits per heavy atom. The first-order valence-corrected chi connectivity index (χ1v) is 7.46. The molecular weight excluding hydrogens is 270 g/mol. The molecule has 0 spiro atoms. The lowest BCUT2D eigenvalue weighted by molar-refractivity contribution is 0.400. The summed E-state index contributed by atoms with van der Waals surface area (Å²) in [5.74, 6) is 1.52. The Hall–Kier alpha value is -1.61. The summed E-state index contributed by atoms with van der Waals surface area (Å²) in [6.45, 7) is 2.02. The topological polar surface area (TPSA) is 29.0 Å². The highest BCUT2D eigenvalue weighted by Gasteiger charge is 2.21. The Labute approximate surface area is 124 Å². The summed E-state index contributed by atoms with van der Waals surface area (Å²) in [4.78, 5) is 10.8. The molecule has 3 nitrogen and oxygen atoms in total. The van der Waals surface area contributed by atoms with Crippen molar-refractivity contribution in [3.05, 3.63) is 53.3 Å². The SMILES string of the molecule is Clc1ccnc(N2CCC(Cc3ccccc3)CC2)n1. The lowest BCUT2D eigenvalue weighted by atomic mass is 9.90. The second kappa shape index (κ2) is 6.23. The van der Waals surface area contributed by atoms with Crippen molar-refractivity contribution in [3.63, 3.8) is 0 Å². The van der Waals surface area contributed by atoms with Crippen molar-refractivity contribution >= 4 is 17.5 Å². The van der Waals surface area contributed by atoms with Gasteiger partial charge in [-0.15, -0.1) is 0 Å². The summed E-state index contributed by atoms with van der Waals surface area (Å²) in [5.41, 5.74) is 1.44. The van der Waals surface area contributed by atoms with Crippen LogP contribution in [-0.2, 0) is 6.42 Å². The van der Waals surface area contributed by atoms with Gasteiger partial charge in [-0.3, -0.25) is 0 Å². The minimum atomic E-state index is 0.515. The van der Waals surface area contributed by atoms with E-state index in [1.54, 1.807) is 12.3 Å². The Kier molecular flexibility index (Phi) is 4.16. The lowest BCUT2D eigenvalue weighted by Gasteiger charge is -2.32. The molecular formula is C16H18ClN3. The second-order valence-electron chi connectivity index (χ2n) is 5.30. The fourth-order valence-electron chi connectivity index (χ4n) is 2.76. The number of hydrogen-bond acceptors (Lipinski definition) is 3. The molecule has 0 saturated carbocycles.